The van der Waals surface area contributed by atoms with Crippen LogP contribution >= 0.6 is 0 Å². The minimum absolute atomic E-state index is 0.598. The van der Waals surface area contributed by atoms with E-state index >= 15 is 0 Å². The van der Waals surface area contributed by atoms with E-state index in [-0.39, 0.29) is 0 Å². The Hall–Kier alpha value is -0.990. The Bertz CT molecular complexity index is 375. The van der Waals surface area contributed by atoms with Gasteiger partial charge in [0.25, 0.3) is 0 Å². The Labute approximate surface area is 104 Å². The summed E-state index contributed by atoms with van der Waals surface area (Å²) in [7, 11) is 0. The summed E-state index contributed by atoms with van der Waals surface area (Å²) in [6.07, 6.45) is 9.48. The molecule has 0 spiro atoms. The highest BCUT2D eigenvalue weighted by molar-refractivity contribution is 5.40. The van der Waals surface area contributed by atoms with Crippen LogP contribution in [0.15, 0.2) is 6.07 Å². The van der Waals surface area contributed by atoms with Crippen molar-refractivity contribution in [2.24, 2.45) is 0 Å². The maximum absolute atomic E-state index is 4.80. The van der Waals surface area contributed by atoms with E-state index in [1.54, 1.807) is 0 Å². The lowest BCUT2D eigenvalue weighted by Crippen LogP contribution is -2.25. The zero-order chi connectivity index (χ0) is 11.7. The van der Waals surface area contributed by atoms with Gasteiger partial charge in [0.2, 0.25) is 0 Å². The summed E-state index contributed by atoms with van der Waals surface area (Å²) < 4.78 is 2.17. The van der Waals surface area contributed by atoms with Gasteiger partial charge in [-0.15, -0.1) is 0 Å². The van der Waals surface area contributed by atoms with Gasteiger partial charge in [-0.2, -0.15) is 5.10 Å². The lowest BCUT2D eigenvalue weighted by atomic mass is 9.97. The smallest absolute Gasteiger partial charge is 0.124 e. The molecule has 0 bridgehead atoms. The van der Waals surface area contributed by atoms with Crippen LogP contribution in [-0.4, -0.2) is 15.8 Å². The van der Waals surface area contributed by atoms with Gasteiger partial charge in [-0.3, -0.25) is 0 Å². The summed E-state index contributed by atoms with van der Waals surface area (Å²) in [5, 5.41) is 8.34. The van der Waals surface area contributed by atoms with Crippen molar-refractivity contribution in [3.05, 3.63) is 11.8 Å². The van der Waals surface area contributed by atoms with Crippen molar-refractivity contribution in [3.63, 3.8) is 0 Å². The van der Waals surface area contributed by atoms with Crippen LogP contribution in [0.2, 0.25) is 0 Å². The maximum atomic E-state index is 4.80. The first-order chi connectivity index (χ1) is 8.33. The van der Waals surface area contributed by atoms with Gasteiger partial charge in [-0.25, -0.2) is 4.68 Å². The fourth-order valence-electron chi connectivity index (χ4n) is 3.14. The molecule has 0 amide bonds. The van der Waals surface area contributed by atoms with Crippen LogP contribution in [0.5, 0.6) is 0 Å². The van der Waals surface area contributed by atoms with Crippen LogP contribution in [0.25, 0.3) is 0 Å². The van der Waals surface area contributed by atoms with Crippen molar-refractivity contribution >= 4 is 5.82 Å². The average molecular weight is 233 g/mol. The second-order valence-corrected chi connectivity index (χ2v) is 5.70. The number of hydrogen-bond acceptors (Lipinski definition) is 2. The molecule has 0 aromatic carbocycles. The van der Waals surface area contributed by atoms with Crippen LogP contribution in [0.1, 0.15) is 63.5 Å². The fourth-order valence-corrected chi connectivity index (χ4v) is 3.14. The largest absolute Gasteiger partial charge is 0.368 e. The van der Waals surface area contributed by atoms with Crippen molar-refractivity contribution in [2.75, 3.05) is 5.32 Å². The molecule has 1 unspecified atom stereocenters. The molecule has 94 valence electrons. The molecular weight excluding hydrogens is 210 g/mol. The molecule has 1 aromatic rings. The van der Waals surface area contributed by atoms with Crippen LogP contribution in [0.4, 0.5) is 5.82 Å². The molecule has 3 rings (SSSR count). The van der Waals surface area contributed by atoms with Gasteiger partial charge < -0.3 is 5.32 Å². The van der Waals surface area contributed by atoms with Crippen molar-refractivity contribution < 1.29 is 0 Å². The third kappa shape index (κ3) is 2.33. The van der Waals surface area contributed by atoms with Gasteiger partial charge >= 0.3 is 0 Å². The Morgan fingerprint density at radius 3 is 2.71 bits per heavy atom. The van der Waals surface area contributed by atoms with Gasteiger partial charge in [0.1, 0.15) is 5.82 Å². The summed E-state index contributed by atoms with van der Waals surface area (Å²) in [6, 6.07) is 2.90. The van der Waals surface area contributed by atoms with Gasteiger partial charge in [0.15, 0.2) is 0 Å². The Morgan fingerprint density at radius 2 is 1.94 bits per heavy atom. The lowest BCUT2D eigenvalue weighted by Gasteiger charge is -2.21. The van der Waals surface area contributed by atoms with E-state index in [1.807, 2.05) is 0 Å². The molecule has 2 aliphatic rings. The third-order valence-electron chi connectivity index (χ3n) is 4.24. The minimum atomic E-state index is 0.598. The topological polar surface area (TPSA) is 29.9 Å². The normalized spacial score (nSPS) is 26.1. The molecule has 3 nitrogen and oxygen atoms in total. The first-order valence-corrected chi connectivity index (χ1v) is 7.17. The average Bonchev–Trinajstić information content (AvgIpc) is 2.57. The molecular formula is C14H23N3. The van der Waals surface area contributed by atoms with E-state index in [1.165, 1.54) is 56.5 Å². The van der Waals surface area contributed by atoms with Crippen molar-refractivity contribution in [3.8, 4) is 0 Å². The number of fused-ring (bicyclic) bond motifs is 1. The number of anilines is 1. The van der Waals surface area contributed by atoms with Crippen LogP contribution in [-0.2, 0) is 6.54 Å². The molecule has 2 heterocycles. The Morgan fingerprint density at radius 1 is 1.18 bits per heavy atom. The Balaban J connectivity index is 1.79. The SMILES string of the molecule is CC1CCn2nc(C3CCCCCC3)cc2N1. The van der Waals surface area contributed by atoms with E-state index in [4.69, 9.17) is 5.10 Å². The van der Waals surface area contributed by atoms with E-state index < -0.39 is 0 Å². The number of aryl methyl sites for hydroxylation is 1. The molecule has 3 heteroatoms. The van der Waals surface area contributed by atoms with E-state index in [9.17, 15) is 0 Å². The molecule has 1 N–H and O–H groups in total. The van der Waals surface area contributed by atoms with Crippen molar-refractivity contribution in [1.82, 2.24) is 9.78 Å². The summed E-state index contributed by atoms with van der Waals surface area (Å²) in [5.74, 6) is 1.95. The van der Waals surface area contributed by atoms with E-state index in [0.29, 0.717) is 12.0 Å². The molecule has 1 aliphatic carbocycles. The van der Waals surface area contributed by atoms with Crippen LogP contribution in [0.3, 0.4) is 0 Å². The number of hydrogen-bond donors (Lipinski definition) is 1. The van der Waals surface area contributed by atoms with Gasteiger partial charge in [-0.05, 0) is 26.2 Å². The molecule has 1 aromatic heterocycles. The molecule has 0 saturated heterocycles. The first-order valence-electron chi connectivity index (χ1n) is 7.17. The molecule has 1 atom stereocenters. The van der Waals surface area contributed by atoms with E-state index in [0.717, 1.165) is 6.54 Å². The maximum Gasteiger partial charge on any atom is 0.124 e. The molecule has 1 saturated carbocycles. The summed E-state index contributed by atoms with van der Waals surface area (Å²) in [4.78, 5) is 0. The molecule has 0 radical (unpaired) electrons. The lowest BCUT2D eigenvalue weighted by molar-refractivity contribution is 0.496. The first kappa shape index (κ1) is 11.1. The van der Waals surface area contributed by atoms with Crippen molar-refractivity contribution in [2.45, 2.75) is 70.4 Å². The van der Waals surface area contributed by atoms with Crippen LogP contribution < -0.4 is 5.32 Å². The highest BCUT2D eigenvalue weighted by Crippen LogP contribution is 2.33. The van der Waals surface area contributed by atoms with Gasteiger partial charge in [0, 0.05) is 24.6 Å². The molecule has 1 fully saturated rings. The van der Waals surface area contributed by atoms with E-state index in [2.05, 4.69) is 23.0 Å². The number of rotatable bonds is 1. The highest BCUT2D eigenvalue weighted by atomic mass is 15.3. The number of aromatic nitrogens is 2. The zero-order valence-corrected chi connectivity index (χ0v) is 10.8. The number of nitrogens with one attached hydrogen (secondary N) is 1. The zero-order valence-electron chi connectivity index (χ0n) is 10.8. The highest BCUT2D eigenvalue weighted by Gasteiger charge is 2.21. The molecule has 17 heavy (non-hydrogen) atoms. The van der Waals surface area contributed by atoms with Gasteiger partial charge in [-0.1, -0.05) is 25.7 Å². The predicted molar refractivity (Wildman–Crippen MR) is 70.4 cm³/mol. The summed E-state index contributed by atoms with van der Waals surface area (Å²) in [5.41, 5.74) is 1.34. The summed E-state index contributed by atoms with van der Waals surface area (Å²) in [6.45, 7) is 3.33. The second kappa shape index (κ2) is 4.71. The van der Waals surface area contributed by atoms with Crippen molar-refractivity contribution in [1.29, 1.82) is 0 Å². The second-order valence-electron chi connectivity index (χ2n) is 5.70. The standard InChI is InChI=1S/C14H23N3/c1-11-8-9-17-14(15-11)10-13(16-17)12-6-4-2-3-5-7-12/h10-12,15H,2-9H2,1H3. The third-order valence-corrected chi connectivity index (χ3v) is 4.24. The fraction of sp³-hybridized carbons (Fsp3) is 0.786. The monoisotopic (exact) mass is 233 g/mol. The molecule has 1 aliphatic heterocycles. The van der Waals surface area contributed by atoms with Gasteiger partial charge in [0.05, 0.1) is 5.69 Å². The quantitative estimate of drug-likeness (QED) is 0.752. The Kier molecular flexibility index (Phi) is 3.08. The van der Waals surface area contributed by atoms with Crippen LogP contribution in [0, 0.1) is 0 Å². The predicted octanol–water partition coefficient (Wildman–Crippen LogP) is 3.53. The number of nitrogens with zero attached hydrogens (tertiary/aromatic N) is 2. The summed E-state index contributed by atoms with van der Waals surface area (Å²) >= 11 is 0. The minimum Gasteiger partial charge on any atom is -0.368 e.